The molecule has 1 aliphatic rings. The lowest BCUT2D eigenvalue weighted by atomic mass is 10.2. The number of hydrogen-bond acceptors (Lipinski definition) is 5. The molecule has 1 aliphatic heterocycles. The summed E-state index contributed by atoms with van der Waals surface area (Å²) in [5, 5.41) is 9.20. The summed E-state index contributed by atoms with van der Waals surface area (Å²) in [7, 11) is -4.24. The van der Waals surface area contributed by atoms with Gasteiger partial charge in [-0.2, -0.15) is 4.31 Å². The number of rotatable bonds is 3. The van der Waals surface area contributed by atoms with Crippen molar-refractivity contribution in [1.82, 2.24) is 4.31 Å². The van der Waals surface area contributed by atoms with E-state index < -0.39 is 44.5 Å². The zero-order valence-corrected chi connectivity index (χ0v) is 12.2. The van der Waals surface area contributed by atoms with Crippen molar-refractivity contribution in [2.75, 3.05) is 12.3 Å². The average Bonchev–Trinajstić information content (AvgIpc) is 2.76. The van der Waals surface area contributed by atoms with E-state index in [-0.39, 0.29) is 18.0 Å². The van der Waals surface area contributed by atoms with Gasteiger partial charge in [0, 0.05) is 13.0 Å². The van der Waals surface area contributed by atoms with Crippen LogP contribution in [0, 0.1) is 5.82 Å². The molecule has 2 rings (SSSR count). The third-order valence-electron chi connectivity index (χ3n) is 3.20. The van der Waals surface area contributed by atoms with Crippen molar-refractivity contribution < 1.29 is 22.7 Å². The van der Waals surface area contributed by atoms with Crippen LogP contribution in [0.2, 0.25) is 5.02 Å². The summed E-state index contributed by atoms with van der Waals surface area (Å²) in [6.07, 6.45) is -1.13. The molecule has 1 aromatic rings. The van der Waals surface area contributed by atoms with Gasteiger partial charge in [0.1, 0.15) is 16.8 Å². The highest BCUT2D eigenvalue weighted by molar-refractivity contribution is 7.89. The molecule has 0 bridgehead atoms. The number of anilines is 1. The lowest BCUT2D eigenvalue weighted by Crippen LogP contribution is -2.43. The van der Waals surface area contributed by atoms with Crippen LogP contribution in [0.4, 0.5) is 10.1 Å². The molecule has 2 atom stereocenters. The second-order valence-corrected chi connectivity index (χ2v) is 6.95. The van der Waals surface area contributed by atoms with Crippen molar-refractivity contribution in [3.8, 4) is 0 Å². The van der Waals surface area contributed by atoms with Gasteiger partial charge < -0.3 is 16.6 Å². The van der Waals surface area contributed by atoms with Crippen molar-refractivity contribution in [3.63, 3.8) is 0 Å². The molecule has 1 fully saturated rings. The van der Waals surface area contributed by atoms with Gasteiger partial charge in [0.05, 0.1) is 16.8 Å². The van der Waals surface area contributed by atoms with Crippen LogP contribution in [0.15, 0.2) is 17.0 Å². The molecule has 2 unspecified atom stereocenters. The van der Waals surface area contributed by atoms with Crippen LogP contribution < -0.4 is 11.5 Å². The quantitative estimate of drug-likeness (QED) is 0.651. The average molecular weight is 338 g/mol. The number of carbonyl (C=O) groups is 1. The minimum absolute atomic E-state index is 0.108. The highest BCUT2D eigenvalue weighted by Gasteiger charge is 2.43. The molecule has 0 radical (unpaired) electrons. The van der Waals surface area contributed by atoms with Crippen LogP contribution >= 0.6 is 11.6 Å². The fourth-order valence-corrected chi connectivity index (χ4v) is 4.35. The number of halogens is 2. The van der Waals surface area contributed by atoms with Gasteiger partial charge in [-0.15, -0.1) is 0 Å². The monoisotopic (exact) mass is 337 g/mol. The van der Waals surface area contributed by atoms with Crippen molar-refractivity contribution in [3.05, 3.63) is 23.0 Å². The molecule has 116 valence electrons. The molecule has 0 aliphatic carbocycles. The molecule has 0 saturated carbocycles. The van der Waals surface area contributed by atoms with Gasteiger partial charge in [-0.1, -0.05) is 11.6 Å². The Morgan fingerprint density at radius 1 is 1.48 bits per heavy atom. The predicted octanol–water partition coefficient (Wildman–Crippen LogP) is -0.330. The molecule has 1 amide bonds. The molecule has 21 heavy (non-hydrogen) atoms. The molecule has 1 saturated heterocycles. The highest BCUT2D eigenvalue weighted by atomic mass is 35.5. The predicted molar refractivity (Wildman–Crippen MR) is 73.3 cm³/mol. The largest absolute Gasteiger partial charge is 0.396 e. The number of aliphatic hydroxyl groups is 1. The summed E-state index contributed by atoms with van der Waals surface area (Å²) in [5.74, 6) is -1.74. The van der Waals surface area contributed by atoms with E-state index in [0.29, 0.717) is 0 Å². The molecule has 5 N–H and O–H groups in total. The van der Waals surface area contributed by atoms with Crippen molar-refractivity contribution >= 4 is 33.2 Å². The van der Waals surface area contributed by atoms with Gasteiger partial charge in [0.15, 0.2) is 0 Å². The van der Waals surface area contributed by atoms with Gasteiger partial charge in [-0.25, -0.2) is 12.8 Å². The van der Waals surface area contributed by atoms with Crippen LogP contribution in [0.1, 0.15) is 6.42 Å². The molecule has 0 aromatic heterocycles. The van der Waals surface area contributed by atoms with Gasteiger partial charge in [-0.3, -0.25) is 4.79 Å². The third kappa shape index (κ3) is 2.82. The minimum atomic E-state index is -4.24. The number of sulfonamides is 1. The molecule has 1 aromatic carbocycles. The van der Waals surface area contributed by atoms with Gasteiger partial charge >= 0.3 is 0 Å². The van der Waals surface area contributed by atoms with E-state index in [0.717, 1.165) is 16.4 Å². The number of amides is 1. The molecular formula is C11H13ClFN3O4S. The van der Waals surface area contributed by atoms with E-state index in [2.05, 4.69) is 0 Å². The van der Waals surface area contributed by atoms with Crippen LogP contribution in [0.25, 0.3) is 0 Å². The number of hydrogen-bond donors (Lipinski definition) is 3. The number of nitrogen functional groups attached to an aromatic ring is 1. The van der Waals surface area contributed by atoms with Gasteiger partial charge in [0.2, 0.25) is 15.9 Å². The summed E-state index contributed by atoms with van der Waals surface area (Å²) in [6.45, 7) is -0.302. The normalized spacial score (nSPS) is 23.4. The molecule has 7 nitrogen and oxygen atoms in total. The summed E-state index contributed by atoms with van der Waals surface area (Å²) in [4.78, 5) is 10.9. The molecular weight excluding hydrogens is 325 g/mol. The Morgan fingerprint density at radius 3 is 2.67 bits per heavy atom. The standard InChI is InChI=1S/C11H13ClFN3O4S/c12-6-2-7(13)8(14)3-10(6)21(19,20)16-4-5(17)1-9(16)11(15)18/h2-3,5,9,17H,1,4,14H2,(H2,15,18). The van der Waals surface area contributed by atoms with E-state index in [4.69, 9.17) is 23.1 Å². The topological polar surface area (TPSA) is 127 Å². The maximum absolute atomic E-state index is 13.3. The second-order valence-electron chi connectivity index (χ2n) is 4.69. The first-order valence-corrected chi connectivity index (χ1v) is 7.70. The Balaban J connectivity index is 2.52. The summed E-state index contributed by atoms with van der Waals surface area (Å²) >= 11 is 5.75. The van der Waals surface area contributed by atoms with Crippen molar-refractivity contribution in [1.29, 1.82) is 0 Å². The Hall–Kier alpha value is -1.42. The summed E-state index contributed by atoms with van der Waals surface area (Å²) in [5.41, 5.74) is 10.1. The van der Waals surface area contributed by atoms with Crippen LogP contribution in [-0.4, -0.2) is 42.4 Å². The zero-order valence-electron chi connectivity index (χ0n) is 10.7. The second kappa shape index (κ2) is 5.41. The lowest BCUT2D eigenvalue weighted by molar-refractivity contribution is -0.121. The molecule has 0 spiro atoms. The van der Waals surface area contributed by atoms with E-state index in [1.165, 1.54) is 0 Å². The van der Waals surface area contributed by atoms with Crippen LogP contribution in [0.3, 0.4) is 0 Å². The van der Waals surface area contributed by atoms with Gasteiger partial charge in [-0.05, 0) is 12.1 Å². The molecule has 1 heterocycles. The smallest absolute Gasteiger partial charge is 0.245 e. The SMILES string of the molecule is NC(=O)C1CC(O)CN1S(=O)(=O)c1cc(N)c(F)cc1Cl. The third-order valence-corrected chi connectivity index (χ3v) is 5.54. The Bertz CT molecular complexity index is 697. The Kier molecular flexibility index (Phi) is 4.11. The summed E-state index contributed by atoms with van der Waals surface area (Å²) < 4.78 is 39.1. The number of β-amino-alcohol motifs (C(OH)–C–C–N with tert-alkyl or cyclic N) is 1. The van der Waals surface area contributed by atoms with Gasteiger partial charge in [0.25, 0.3) is 0 Å². The zero-order chi connectivity index (χ0) is 15.9. The van der Waals surface area contributed by atoms with Crippen molar-refractivity contribution in [2.24, 2.45) is 5.73 Å². The maximum Gasteiger partial charge on any atom is 0.245 e. The molecule has 10 heteroatoms. The van der Waals surface area contributed by atoms with Crippen molar-refractivity contribution in [2.45, 2.75) is 23.5 Å². The number of primary amides is 1. The van der Waals surface area contributed by atoms with Crippen LogP contribution in [0.5, 0.6) is 0 Å². The van der Waals surface area contributed by atoms with E-state index in [1.807, 2.05) is 0 Å². The van der Waals surface area contributed by atoms with E-state index in [9.17, 15) is 22.7 Å². The first kappa shape index (κ1) is 16.0. The number of nitrogens with zero attached hydrogens (tertiary/aromatic N) is 1. The number of aliphatic hydroxyl groups excluding tert-OH is 1. The fourth-order valence-electron chi connectivity index (χ4n) is 2.18. The first-order chi connectivity index (χ1) is 9.64. The fraction of sp³-hybridized carbons (Fsp3) is 0.364. The number of benzene rings is 1. The van der Waals surface area contributed by atoms with E-state index >= 15 is 0 Å². The highest BCUT2D eigenvalue weighted by Crippen LogP contribution is 2.32. The summed E-state index contributed by atoms with van der Waals surface area (Å²) in [6, 6.07) is 0.457. The van der Waals surface area contributed by atoms with E-state index in [1.54, 1.807) is 0 Å². The maximum atomic E-state index is 13.3. The Labute approximate surface area is 125 Å². The Morgan fingerprint density at radius 2 is 2.10 bits per heavy atom. The minimum Gasteiger partial charge on any atom is -0.396 e. The number of carbonyl (C=O) groups excluding carboxylic acids is 1. The first-order valence-electron chi connectivity index (χ1n) is 5.88. The lowest BCUT2D eigenvalue weighted by Gasteiger charge is -2.22. The number of nitrogens with two attached hydrogens (primary N) is 2. The van der Waals surface area contributed by atoms with Crippen LogP contribution in [-0.2, 0) is 14.8 Å².